The molecule has 0 spiro atoms. The van der Waals surface area contributed by atoms with Gasteiger partial charge in [-0.3, -0.25) is 9.59 Å². The van der Waals surface area contributed by atoms with Gasteiger partial charge in [0.1, 0.15) is 0 Å². The van der Waals surface area contributed by atoms with Crippen LogP contribution in [0.3, 0.4) is 0 Å². The number of aromatic nitrogens is 4. The van der Waals surface area contributed by atoms with Crippen LogP contribution in [-0.4, -0.2) is 36.4 Å². The Bertz CT molecular complexity index is 954. The zero-order valence-corrected chi connectivity index (χ0v) is 13.9. The molecule has 9 heteroatoms. The highest BCUT2D eigenvalue weighted by Gasteiger charge is 2.29. The van der Waals surface area contributed by atoms with Crippen LogP contribution in [0, 0.1) is 0 Å². The van der Waals surface area contributed by atoms with Crippen LogP contribution in [0.2, 0.25) is 0 Å². The van der Waals surface area contributed by atoms with E-state index in [9.17, 15) is 19.8 Å². The van der Waals surface area contributed by atoms with Gasteiger partial charge in [0.25, 0.3) is 11.1 Å². The standard InChI is InChI=1S/C16H14N4O4S/c1-25-9-4-2-8(3-5-9)10(11-13(21)17-6-18-14(11)22)12-15(23)19-7-20-16(12)24/h2-7,10H,1H3,(H2,17,18,21,22)(H2,19,20,23,24). The predicted octanol–water partition coefficient (Wildman–Crippen LogP) is 1.17. The highest BCUT2D eigenvalue weighted by Crippen LogP contribution is 2.35. The molecule has 128 valence electrons. The Morgan fingerprint density at radius 1 is 0.920 bits per heavy atom. The quantitative estimate of drug-likeness (QED) is 0.515. The van der Waals surface area contributed by atoms with Gasteiger partial charge in [0.2, 0.25) is 11.8 Å². The van der Waals surface area contributed by atoms with Crippen molar-refractivity contribution in [1.29, 1.82) is 0 Å². The number of rotatable bonds is 4. The van der Waals surface area contributed by atoms with Gasteiger partial charge in [-0.1, -0.05) is 12.1 Å². The summed E-state index contributed by atoms with van der Waals surface area (Å²) < 4.78 is 0. The first-order valence-electron chi connectivity index (χ1n) is 7.20. The summed E-state index contributed by atoms with van der Waals surface area (Å²) in [5.41, 5.74) is -0.995. The number of aromatic hydroxyl groups is 2. The van der Waals surface area contributed by atoms with Gasteiger partial charge in [0, 0.05) is 4.90 Å². The number of hydrogen-bond acceptors (Lipinski definition) is 7. The number of thioether (sulfide) groups is 1. The summed E-state index contributed by atoms with van der Waals surface area (Å²) in [5, 5.41) is 20.2. The average Bonchev–Trinajstić information content (AvgIpc) is 2.60. The first kappa shape index (κ1) is 16.8. The summed E-state index contributed by atoms with van der Waals surface area (Å²) in [6.07, 6.45) is 4.03. The fourth-order valence-electron chi connectivity index (χ4n) is 2.60. The fraction of sp³-hybridized carbons (Fsp3) is 0.125. The lowest BCUT2D eigenvalue weighted by Crippen LogP contribution is -2.24. The van der Waals surface area contributed by atoms with Gasteiger partial charge in [0.05, 0.1) is 29.7 Å². The smallest absolute Gasteiger partial charge is 0.258 e. The third-order valence-corrected chi connectivity index (χ3v) is 4.51. The van der Waals surface area contributed by atoms with Gasteiger partial charge < -0.3 is 20.2 Å². The zero-order valence-electron chi connectivity index (χ0n) is 13.1. The van der Waals surface area contributed by atoms with Crippen molar-refractivity contribution in [2.75, 3.05) is 6.26 Å². The summed E-state index contributed by atoms with van der Waals surface area (Å²) in [5.74, 6) is -2.08. The van der Waals surface area contributed by atoms with Gasteiger partial charge in [0.15, 0.2) is 0 Å². The van der Waals surface area contributed by atoms with Crippen LogP contribution in [0.25, 0.3) is 0 Å². The van der Waals surface area contributed by atoms with Crippen LogP contribution in [0.5, 0.6) is 11.8 Å². The van der Waals surface area contributed by atoms with E-state index in [-0.39, 0.29) is 11.1 Å². The molecule has 0 amide bonds. The van der Waals surface area contributed by atoms with Crippen molar-refractivity contribution in [3.05, 3.63) is 74.3 Å². The molecule has 0 bridgehead atoms. The van der Waals surface area contributed by atoms with Crippen molar-refractivity contribution in [3.63, 3.8) is 0 Å². The molecule has 1 aromatic carbocycles. The van der Waals surface area contributed by atoms with Gasteiger partial charge in [-0.15, -0.1) is 11.8 Å². The Balaban J connectivity index is 2.32. The summed E-state index contributed by atoms with van der Waals surface area (Å²) >= 11 is 1.53. The maximum Gasteiger partial charge on any atom is 0.258 e. The average molecular weight is 358 g/mol. The van der Waals surface area contributed by atoms with Crippen molar-refractivity contribution < 1.29 is 10.2 Å². The Kier molecular flexibility index (Phi) is 4.57. The van der Waals surface area contributed by atoms with E-state index in [1.165, 1.54) is 11.8 Å². The lowest BCUT2D eigenvalue weighted by molar-refractivity contribution is 0.432. The van der Waals surface area contributed by atoms with Gasteiger partial charge >= 0.3 is 0 Å². The number of aromatic amines is 2. The third-order valence-electron chi connectivity index (χ3n) is 3.76. The SMILES string of the molecule is CSc1ccc(C(c2c(O)nc[nH]c2=O)c2c(O)nc[nH]c2=O)cc1. The number of benzene rings is 1. The summed E-state index contributed by atoms with van der Waals surface area (Å²) in [7, 11) is 0. The monoisotopic (exact) mass is 358 g/mol. The lowest BCUT2D eigenvalue weighted by Gasteiger charge is -2.18. The second-order valence-corrected chi connectivity index (χ2v) is 6.02. The molecule has 3 rings (SSSR count). The van der Waals surface area contributed by atoms with Crippen LogP contribution in [0.15, 0.2) is 51.4 Å². The highest BCUT2D eigenvalue weighted by atomic mass is 32.2. The van der Waals surface area contributed by atoms with E-state index >= 15 is 0 Å². The number of H-pyrrole nitrogens is 2. The van der Waals surface area contributed by atoms with Crippen molar-refractivity contribution in [2.45, 2.75) is 10.8 Å². The first-order valence-corrected chi connectivity index (χ1v) is 8.42. The van der Waals surface area contributed by atoms with Gasteiger partial charge in [-0.05, 0) is 24.0 Å². The first-order chi connectivity index (χ1) is 12.0. The Morgan fingerprint density at radius 2 is 1.40 bits per heavy atom. The minimum Gasteiger partial charge on any atom is -0.493 e. The number of nitrogens with one attached hydrogen (secondary N) is 2. The Morgan fingerprint density at radius 3 is 1.80 bits per heavy atom. The molecule has 0 radical (unpaired) electrons. The molecule has 4 N–H and O–H groups in total. The van der Waals surface area contributed by atoms with E-state index in [1.54, 1.807) is 12.1 Å². The van der Waals surface area contributed by atoms with Gasteiger partial charge in [-0.2, -0.15) is 0 Å². The molecule has 25 heavy (non-hydrogen) atoms. The van der Waals surface area contributed by atoms with E-state index < -0.39 is 28.8 Å². The largest absolute Gasteiger partial charge is 0.493 e. The second-order valence-electron chi connectivity index (χ2n) is 5.14. The van der Waals surface area contributed by atoms with E-state index in [1.807, 2.05) is 18.4 Å². The highest BCUT2D eigenvalue weighted by molar-refractivity contribution is 7.98. The molecular weight excluding hydrogens is 344 g/mol. The van der Waals surface area contributed by atoms with Crippen LogP contribution >= 0.6 is 11.8 Å². The number of hydrogen-bond donors (Lipinski definition) is 4. The van der Waals surface area contributed by atoms with E-state index in [0.29, 0.717) is 5.56 Å². The molecule has 0 fully saturated rings. The van der Waals surface area contributed by atoms with Gasteiger partial charge in [-0.25, -0.2) is 9.97 Å². The zero-order chi connectivity index (χ0) is 18.0. The molecule has 8 nitrogen and oxygen atoms in total. The molecule has 0 unspecified atom stereocenters. The maximum atomic E-state index is 12.3. The predicted molar refractivity (Wildman–Crippen MR) is 92.2 cm³/mol. The van der Waals surface area contributed by atoms with Crippen LogP contribution < -0.4 is 11.1 Å². The molecule has 0 saturated heterocycles. The fourth-order valence-corrected chi connectivity index (χ4v) is 3.00. The topological polar surface area (TPSA) is 132 Å². The van der Waals surface area contributed by atoms with Crippen molar-refractivity contribution in [3.8, 4) is 11.8 Å². The molecule has 0 aliphatic carbocycles. The Hall–Kier alpha value is -3.07. The lowest BCUT2D eigenvalue weighted by atomic mass is 9.87. The number of nitrogens with zero attached hydrogens (tertiary/aromatic N) is 2. The van der Waals surface area contributed by atoms with E-state index in [0.717, 1.165) is 17.6 Å². The van der Waals surface area contributed by atoms with E-state index in [2.05, 4.69) is 19.9 Å². The van der Waals surface area contributed by atoms with Crippen molar-refractivity contribution in [1.82, 2.24) is 19.9 Å². The van der Waals surface area contributed by atoms with Crippen LogP contribution in [0.4, 0.5) is 0 Å². The molecule has 0 atom stereocenters. The molecule has 2 aromatic heterocycles. The van der Waals surface area contributed by atoms with Crippen LogP contribution in [-0.2, 0) is 0 Å². The van der Waals surface area contributed by atoms with Crippen molar-refractivity contribution in [2.24, 2.45) is 0 Å². The molecule has 3 aromatic rings. The molecule has 0 aliphatic rings. The maximum absolute atomic E-state index is 12.3. The molecule has 0 saturated carbocycles. The minimum atomic E-state index is -1.04. The normalized spacial score (nSPS) is 11.0. The Labute approximate surface area is 145 Å². The van der Waals surface area contributed by atoms with Crippen LogP contribution in [0.1, 0.15) is 22.6 Å². The third kappa shape index (κ3) is 3.13. The molecular formula is C16H14N4O4S. The summed E-state index contributed by atoms with van der Waals surface area (Å²) in [6, 6.07) is 7.06. The second kappa shape index (κ2) is 6.81. The summed E-state index contributed by atoms with van der Waals surface area (Å²) in [6.45, 7) is 0. The van der Waals surface area contributed by atoms with Crippen molar-refractivity contribution >= 4 is 11.8 Å². The molecule has 2 heterocycles. The molecule has 0 aliphatic heterocycles. The summed E-state index contributed by atoms with van der Waals surface area (Å²) in [4.78, 5) is 37.7. The van der Waals surface area contributed by atoms with E-state index in [4.69, 9.17) is 0 Å². The minimum absolute atomic E-state index is 0.145.